The van der Waals surface area contributed by atoms with Gasteiger partial charge in [0.2, 0.25) is 10.0 Å². The van der Waals surface area contributed by atoms with E-state index in [0.29, 0.717) is 16.8 Å². The van der Waals surface area contributed by atoms with Crippen molar-refractivity contribution < 1.29 is 13.2 Å². The van der Waals surface area contributed by atoms with Gasteiger partial charge in [0, 0.05) is 18.8 Å². The highest BCUT2D eigenvalue weighted by atomic mass is 32.2. The Morgan fingerprint density at radius 2 is 1.75 bits per heavy atom. The standard InChI is InChI=1S/C11H19N5O3S/c1-7-5-9(16-13)6-8(2)10(7)20(18,19)15-4-3-14-11(12)17/h5-6,15-16H,3-4,13H2,1-2H3,(H3,12,14,17). The van der Waals surface area contributed by atoms with E-state index in [2.05, 4.69) is 15.5 Å². The molecule has 0 aromatic heterocycles. The van der Waals surface area contributed by atoms with Crippen molar-refractivity contribution in [3.8, 4) is 0 Å². The maximum atomic E-state index is 12.2. The van der Waals surface area contributed by atoms with Crippen LogP contribution in [0.5, 0.6) is 0 Å². The van der Waals surface area contributed by atoms with Crippen LogP contribution in [0.4, 0.5) is 10.5 Å². The number of hydrazine groups is 1. The van der Waals surface area contributed by atoms with Crippen molar-refractivity contribution >= 4 is 21.7 Å². The highest BCUT2D eigenvalue weighted by molar-refractivity contribution is 7.89. The number of benzene rings is 1. The molecular weight excluding hydrogens is 282 g/mol. The summed E-state index contributed by atoms with van der Waals surface area (Å²) in [6.45, 7) is 3.55. The number of hydrogen-bond acceptors (Lipinski definition) is 5. The van der Waals surface area contributed by atoms with E-state index in [1.165, 1.54) is 0 Å². The molecule has 0 aliphatic carbocycles. The number of nitrogens with two attached hydrogens (primary N) is 2. The second kappa shape index (κ2) is 6.55. The van der Waals surface area contributed by atoms with Gasteiger partial charge in [-0.15, -0.1) is 0 Å². The van der Waals surface area contributed by atoms with Gasteiger partial charge in [0.05, 0.1) is 4.90 Å². The average Bonchev–Trinajstić information content (AvgIpc) is 2.33. The molecule has 2 amide bonds. The maximum absolute atomic E-state index is 12.2. The molecule has 0 aliphatic heterocycles. The van der Waals surface area contributed by atoms with Gasteiger partial charge in [-0.1, -0.05) is 0 Å². The van der Waals surface area contributed by atoms with Gasteiger partial charge in [0.1, 0.15) is 0 Å². The summed E-state index contributed by atoms with van der Waals surface area (Å²) < 4.78 is 26.8. The van der Waals surface area contributed by atoms with Gasteiger partial charge >= 0.3 is 6.03 Å². The number of hydrogen-bond donors (Lipinski definition) is 5. The van der Waals surface area contributed by atoms with Crippen molar-refractivity contribution in [2.75, 3.05) is 18.5 Å². The summed E-state index contributed by atoms with van der Waals surface area (Å²) in [6.07, 6.45) is 0. The maximum Gasteiger partial charge on any atom is 0.312 e. The number of rotatable bonds is 6. The van der Waals surface area contributed by atoms with Crippen LogP contribution in [0.2, 0.25) is 0 Å². The Bertz CT molecular complexity index is 577. The van der Waals surface area contributed by atoms with E-state index >= 15 is 0 Å². The first-order chi connectivity index (χ1) is 9.27. The highest BCUT2D eigenvalue weighted by Crippen LogP contribution is 2.23. The topological polar surface area (TPSA) is 139 Å². The molecule has 0 saturated carbocycles. The molecular formula is C11H19N5O3S. The smallest absolute Gasteiger partial charge is 0.312 e. The molecule has 0 spiro atoms. The van der Waals surface area contributed by atoms with Crippen molar-refractivity contribution in [1.82, 2.24) is 10.0 Å². The number of amides is 2. The zero-order valence-electron chi connectivity index (χ0n) is 11.4. The van der Waals surface area contributed by atoms with Crippen LogP contribution in [-0.4, -0.2) is 27.5 Å². The molecule has 0 atom stereocenters. The van der Waals surface area contributed by atoms with Gasteiger partial charge < -0.3 is 16.5 Å². The molecule has 1 aromatic rings. The number of carbonyl (C=O) groups excluding carboxylic acids is 1. The number of carbonyl (C=O) groups is 1. The lowest BCUT2D eigenvalue weighted by Gasteiger charge is -2.14. The van der Waals surface area contributed by atoms with E-state index in [1.54, 1.807) is 26.0 Å². The molecule has 0 radical (unpaired) electrons. The lowest BCUT2D eigenvalue weighted by molar-refractivity contribution is 0.249. The monoisotopic (exact) mass is 301 g/mol. The predicted molar refractivity (Wildman–Crippen MR) is 76.5 cm³/mol. The number of urea groups is 1. The summed E-state index contributed by atoms with van der Waals surface area (Å²) >= 11 is 0. The van der Waals surface area contributed by atoms with Gasteiger partial charge in [0.15, 0.2) is 0 Å². The lowest BCUT2D eigenvalue weighted by Crippen LogP contribution is -2.37. The van der Waals surface area contributed by atoms with Crippen molar-refractivity contribution in [2.24, 2.45) is 11.6 Å². The first-order valence-electron chi connectivity index (χ1n) is 5.88. The Kier molecular flexibility index (Phi) is 5.31. The van der Waals surface area contributed by atoms with Crippen molar-refractivity contribution in [3.63, 3.8) is 0 Å². The second-order valence-corrected chi connectivity index (χ2v) is 5.98. The van der Waals surface area contributed by atoms with Crippen molar-refractivity contribution in [2.45, 2.75) is 18.7 Å². The first kappa shape index (κ1) is 16.2. The van der Waals surface area contributed by atoms with Crippen LogP contribution in [0.3, 0.4) is 0 Å². The second-order valence-electron chi connectivity index (χ2n) is 4.27. The zero-order valence-corrected chi connectivity index (χ0v) is 12.2. The van der Waals surface area contributed by atoms with E-state index in [4.69, 9.17) is 11.6 Å². The molecule has 0 aliphatic rings. The number of anilines is 1. The van der Waals surface area contributed by atoms with Gasteiger partial charge in [-0.05, 0) is 37.1 Å². The third kappa shape index (κ3) is 4.08. The normalized spacial score (nSPS) is 11.2. The predicted octanol–water partition coefficient (Wildman–Crippen LogP) is -0.464. The Hall–Kier alpha value is -1.84. The molecule has 0 saturated heterocycles. The molecule has 0 bridgehead atoms. The van der Waals surface area contributed by atoms with Crippen molar-refractivity contribution in [3.05, 3.63) is 23.3 Å². The fourth-order valence-electron chi connectivity index (χ4n) is 1.90. The number of sulfonamides is 1. The van der Waals surface area contributed by atoms with Crippen molar-refractivity contribution in [1.29, 1.82) is 0 Å². The number of nitrogens with one attached hydrogen (secondary N) is 3. The van der Waals surface area contributed by atoms with E-state index < -0.39 is 16.1 Å². The fraction of sp³-hybridized carbons (Fsp3) is 0.364. The van der Waals surface area contributed by atoms with Crippen LogP contribution >= 0.6 is 0 Å². The lowest BCUT2D eigenvalue weighted by atomic mass is 10.1. The van der Waals surface area contributed by atoms with Gasteiger partial charge in [-0.2, -0.15) is 0 Å². The largest absolute Gasteiger partial charge is 0.352 e. The Morgan fingerprint density at radius 3 is 2.20 bits per heavy atom. The van der Waals surface area contributed by atoms with Crippen LogP contribution in [-0.2, 0) is 10.0 Å². The minimum absolute atomic E-state index is 0.0566. The van der Waals surface area contributed by atoms with Gasteiger partial charge in [0.25, 0.3) is 0 Å². The number of primary amides is 1. The summed E-state index contributed by atoms with van der Waals surface area (Å²) in [5.41, 5.74) is 9.15. The molecule has 7 N–H and O–H groups in total. The van der Waals surface area contributed by atoms with E-state index in [0.717, 1.165) is 0 Å². The summed E-state index contributed by atoms with van der Waals surface area (Å²) in [5.74, 6) is 5.31. The Labute approximate surface area is 117 Å². The molecule has 8 nitrogen and oxygen atoms in total. The Morgan fingerprint density at radius 1 is 1.20 bits per heavy atom. The number of aryl methyl sites for hydroxylation is 2. The number of nitrogen functional groups attached to an aromatic ring is 1. The zero-order chi connectivity index (χ0) is 15.3. The third-order valence-corrected chi connectivity index (χ3v) is 4.38. The van der Waals surface area contributed by atoms with Gasteiger partial charge in [-0.25, -0.2) is 17.9 Å². The van der Waals surface area contributed by atoms with Gasteiger partial charge in [-0.3, -0.25) is 5.84 Å². The van der Waals surface area contributed by atoms with E-state index in [-0.39, 0.29) is 18.0 Å². The first-order valence-corrected chi connectivity index (χ1v) is 7.37. The fourth-order valence-corrected chi connectivity index (χ4v) is 3.38. The molecule has 0 fully saturated rings. The quantitative estimate of drug-likeness (QED) is 0.275. The minimum atomic E-state index is -3.66. The molecule has 112 valence electrons. The molecule has 0 unspecified atom stereocenters. The van der Waals surface area contributed by atoms with Crippen LogP contribution in [0.1, 0.15) is 11.1 Å². The summed E-state index contributed by atoms with van der Waals surface area (Å²) in [6, 6.07) is 2.59. The van der Waals surface area contributed by atoms with E-state index in [9.17, 15) is 13.2 Å². The molecule has 9 heteroatoms. The summed E-state index contributed by atoms with van der Waals surface area (Å²) in [5, 5.41) is 2.30. The third-order valence-electron chi connectivity index (χ3n) is 2.61. The van der Waals surface area contributed by atoms with Crippen LogP contribution < -0.4 is 27.0 Å². The SMILES string of the molecule is Cc1cc(NN)cc(C)c1S(=O)(=O)NCCNC(N)=O. The Balaban J connectivity index is 2.90. The highest BCUT2D eigenvalue weighted by Gasteiger charge is 2.19. The molecule has 0 heterocycles. The summed E-state index contributed by atoms with van der Waals surface area (Å²) in [7, 11) is -3.66. The van der Waals surface area contributed by atoms with E-state index in [1.807, 2.05) is 0 Å². The van der Waals surface area contributed by atoms with Crippen LogP contribution in [0.25, 0.3) is 0 Å². The molecule has 1 aromatic carbocycles. The summed E-state index contributed by atoms with van der Waals surface area (Å²) in [4.78, 5) is 10.7. The van der Waals surface area contributed by atoms with Crippen LogP contribution in [0.15, 0.2) is 17.0 Å². The minimum Gasteiger partial charge on any atom is -0.352 e. The molecule has 20 heavy (non-hydrogen) atoms. The average molecular weight is 301 g/mol. The molecule has 1 rings (SSSR count). The van der Waals surface area contributed by atoms with Crippen LogP contribution in [0, 0.1) is 13.8 Å².